The normalized spacial score (nSPS) is 16.8. The molecule has 2 N–H and O–H groups in total. The molecule has 0 aliphatic heterocycles. The molecule has 1 aliphatic rings. The molecule has 4 nitrogen and oxygen atoms in total. The van der Waals surface area contributed by atoms with Crippen LogP contribution in [0.5, 0.6) is 0 Å². The first-order valence-electron chi connectivity index (χ1n) is 8.15. The van der Waals surface area contributed by atoms with Crippen LogP contribution >= 0.6 is 0 Å². The first-order chi connectivity index (χ1) is 9.95. The van der Waals surface area contributed by atoms with Crippen molar-refractivity contribution in [3.63, 3.8) is 0 Å². The molecule has 0 aromatic carbocycles. The minimum Gasteiger partial charge on any atom is -0.350 e. The van der Waals surface area contributed by atoms with E-state index in [0.717, 1.165) is 18.9 Å². The lowest BCUT2D eigenvalue weighted by molar-refractivity contribution is -0.123. The Morgan fingerprint density at radius 3 is 2.71 bits per heavy atom. The van der Waals surface area contributed by atoms with Gasteiger partial charge >= 0.3 is 0 Å². The molecule has 0 bridgehead atoms. The van der Waals surface area contributed by atoms with E-state index in [1.807, 2.05) is 10.8 Å². The molecule has 4 heteroatoms. The fraction of sp³-hybridized carbons (Fsp3) is 0.706. The third-order valence-corrected chi connectivity index (χ3v) is 4.34. The van der Waals surface area contributed by atoms with Crippen molar-refractivity contribution in [3.05, 3.63) is 24.0 Å². The predicted octanol–water partition coefficient (Wildman–Crippen LogP) is 2.85. The molecule has 21 heavy (non-hydrogen) atoms. The van der Waals surface area contributed by atoms with Crippen LogP contribution in [-0.2, 0) is 11.3 Å². The van der Waals surface area contributed by atoms with Crippen molar-refractivity contribution in [2.24, 2.45) is 5.92 Å². The van der Waals surface area contributed by atoms with Crippen molar-refractivity contribution < 1.29 is 4.79 Å². The number of carbonyl (C=O) groups excluding carboxylic acids is 1. The fourth-order valence-corrected chi connectivity index (χ4v) is 2.62. The lowest BCUT2D eigenvalue weighted by Gasteiger charge is -2.24. The second-order valence-electron chi connectivity index (χ2n) is 6.78. The highest BCUT2D eigenvalue weighted by atomic mass is 16.2. The monoisotopic (exact) mass is 291 g/mol. The van der Waals surface area contributed by atoms with Gasteiger partial charge in [-0.25, -0.2) is 0 Å². The maximum Gasteiger partial charge on any atom is 0.240 e. The Morgan fingerprint density at radius 2 is 2.14 bits per heavy atom. The van der Waals surface area contributed by atoms with E-state index in [1.54, 1.807) is 0 Å². The summed E-state index contributed by atoms with van der Waals surface area (Å²) in [4.78, 5) is 12.1. The number of hydrogen-bond donors (Lipinski definition) is 2. The Bertz CT molecular complexity index is 474. The van der Waals surface area contributed by atoms with E-state index in [0.29, 0.717) is 12.6 Å². The molecule has 1 unspecified atom stereocenters. The maximum absolute atomic E-state index is 12.1. The average Bonchev–Trinajstić information content (AvgIpc) is 3.16. The van der Waals surface area contributed by atoms with E-state index in [1.165, 1.54) is 18.4 Å². The van der Waals surface area contributed by atoms with E-state index in [9.17, 15) is 4.79 Å². The Labute approximate surface area is 128 Å². The molecule has 0 saturated heterocycles. The van der Waals surface area contributed by atoms with Crippen LogP contribution in [-0.4, -0.2) is 22.6 Å². The van der Waals surface area contributed by atoms with Crippen LogP contribution in [0, 0.1) is 5.92 Å². The van der Waals surface area contributed by atoms with Gasteiger partial charge in [0.1, 0.15) is 6.54 Å². The predicted molar refractivity (Wildman–Crippen MR) is 86.1 cm³/mol. The summed E-state index contributed by atoms with van der Waals surface area (Å²) in [5.74, 6) is 0.851. The quantitative estimate of drug-likeness (QED) is 0.773. The Balaban J connectivity index is 1.94. The zero-order valence-corrected chi connectivity index (χ0v) is 13.8. The summed E-state index contributed by atoms with van der Waals surface area (Å²) >= 11 is 0. The molecule has 1 aromatic rings. The number of amides is 1. The van der Waals surface area contributed by atoms with Gasteiger partial charge in [-0.1, -0.05) is 13.8 Å². The standard InChI is InChI=1S/C17H29N3O/c1-5-17(3,4)19-15(21)12-20-10-9-14(11-20)16(18-6-2)13-7-8-13/h9-11,13,16,18H,5-8,12H2,1-4H3,(H,19,21). The van der Waals surface area contributed by atoms with Gasteiger partial charge in [0.05, 0.1) is 0 Å². The summed E-state index contributed by atoms with van der Waals surface area (Å²) in [6.07, 6.45) is 7.69. The number of nitrogens with zero attached hydrogens (tertiary/aromatic N) is 1. The van der Waals surface area contributed by atoms with Gasteiger partial charge < -0.3 is 15.2 Å². The number of carbonyl (C=O) groups is 1. The average molecular weight is 291 g/mol. The number of nitrogens with one attached hydrogen (secondary N) is 2. The molecular formula is C17H29N3O. The maximum atomic E-state index is 12.1. The van der Waals surface area contributed by atoms with Gasteiger partial charge in [0.2, 0.25) is 5.91 Å². The number of hydrogen-bond acceptors (Lipinski definition) is 2. The van der Waals surface area contributed by atoms with Crippen molar-refractivity contribution >= 4 is 5.91 Å². The van der Waals surface area contributed by atoms with Crippen LogP contribution in [0.1, 0.15) is 58.6 Å². The first-order valence-corrected chi connectivity index (χ1v) is 8.15. The van der Waals surface area contributed by atoms with Gasteiger partial charge in [0.15, 0.2) is 0 Å². The summed E-state index contributed by atoms with van der Waals surface area (Å²) in [6, 6.07) is 2.59. The van der Waals surface area contributed by atoms with Gasteiger partial charge in [0, 0.05) is 24.0 Å². The largest absolute Gasteiger partial charge is 0.350 e. The number of rotatable bonds is 8. The minimum absolute atomic E-state index is 0.0791. The van der Waals surface area contributed by atoms with E-state index >= 15 is 0 Å². The minimum atomic E-state index is -0.132. The third kappa shape index (κ3) is 4.60. The lowest BCUT2D eigenvalue weighted by Crippen LogP contribution is -2.44. The molecule has 118 valence electrons. The topological polar surface area (TPSA) is 46.1 Å². The van der Waals surface area contributed by atoms with Crippen LogP contribution < -0.4 is 10.6 Å². The Morgan fingerprint density at radius 1 is 1.43 bits per heavy atom. The molecule has 2 rings (SSSR count). The molecule has 1 atom stereocenters. The zero-order chi connectivity index (χ0) is 15.5. The second kappa shape index (κ2) is 6.65. The van der Waals surface area contributed by atoms with E-state index in [4.69, 9.17) is 0 Å². The van der Waals surface area contributed by atoms with E-state index in [2.05, 4.69) is 50.6 Å². The van der Waals surface area contributed by atoms with Crippen molar-refractivity contribution in [2.45, 2.75) is 65.1 Å². The van der Waals surface area contributed by atoms with Gasteiger partial charge in [-0.3, -0.25) is 4.79 Å². The zero-order valence-electron chi connectivity index (χ0n) is 13.8. The molecule has 0 radical (unpaired) electrons. The molecular weight excluding hydrogens is 262 g/mol. The molecule has 0 spiro atoms. The Hall–Kier alpha value is -1.29. The molecule has 1 heterocycles. The molecule has 1 saturated carbocycles. The highest BCUT2D eigenvalue weighted by Crippen LogP contribution is 2.40. The fourth-order valence-electron chi connectivity index (χ4n) is 2.62. The summed E-state index contributed by atoms with van der Waals surface area (Å²) in [6.45, 7) is 9.72. The van der Waals surface area contributed by atoms with Crippen molar-refractivity contribution in [3.8, 4) is 0 Å². The van der Waals surface area contributed by atoms with Gasteiger partial charge in [-0.2, -0.15) is 0 Å². The molecule has 1 fully saturated rings. The smallest absolute Gasteiger partial charge is 0.240 e. The summed E-state index contributed by atoms with van der Waals surface area (Å²) in [5.41, 5.74) is 1.18. The Kier molecular flexibility index (Phi) is 5.09. The van der Waals surface area contributed by atoms with Crippen molar-refractivity contribution in [1.29, 1.82) is 0 Å². The number of aromatic nitrogens is 1. The summed E-state index contributed by atoms with van der Waals surface area (Å²) in [7, 11) is 0. The second-order valence-corrected chi connectivity index (χ2v) is 6.78. The highest BCUT2D eigenvalue weighted by molar-refractivity contribution is 5.76. The molecule has 1 aliphatic carbocycles. The third-order valence-electron chi connectivity index (χ3n) is 4.34. The SMILES string of the molecule is CCNC(c1ccn(CC(=O)NC(C)(C)CC)c1)C1CC1. The summed E-state index contributed by atoms with van der Waals surface area (Å²) in [5, 5.41) is 6.64. The first kappa shape index (κ1) is 16.1. The van der Waals surface area contributed by atoms with Crippen LogP contribution in [0.2, 0.25) is 0 Å². The molecule has 1 aromatic heterocycles. The van der Waals surface area contributed by atoms with E-state index in [-0.39, 0.29) is 11.4 Å². The van der Waals surface area contributed by atoms with Gasteiger partial charge in [-0.05, 0) is 57.2 Å². The van der Waals surface area contributed by atoms with Gasteiger partial charge in [0.25, 0.3) is 0 Å². The van der Waals surface area contributed by atoms with Crippen LogP contribution in [0.3, 0.4) is 0 Å². The van der Waals surface area contributed by atoms with Crippen LogP contribution in [0.4, 0.5) is 0 Å². The lowest BCUT2D eigenvalue weighted by atomic mass is 10.0. The van der Waals surface area contributed by atoms with E-state index < -0.39 is 0 Å². The van der Waals surface area contributed by atoms with Crippen molar-refractivity contribution in [2.75, 3.05) is 6.54 Å². The van der Waals surface area contributed by atoms with Crippen molar-refractivity contribution in [1.82, 2.24) is 15.2 Å². The summed E-state index contributed by atoms with van der Waals surface area (Å²) < 4.78 is 1.99. The highest BCUT2D eigenvalue weighted by Gasteiger charge is 2.32. The van der Waals surface area contributed by atoms with Gasteiger partial charge in [-0.15, -0.1) is 0 Å². The van der Waals surface area contributed by atoms with Crippen LogP contribution in [0.15, 0.2) is 18.5 Å². The molecule has 1 amide bonds. The van der Waals surface area contributed by atoms with Crippen LogP contribution in [0.25, 0.3) is 0 Å².